The average molecular weight is 404 g/mol. The Bertz CT molecular complexity index is 678. The number of carbonyl (C=O) groups is 1. The first-order valence-electron chi connectivity index (χ1n) is 11.1. The van der Waals surface area contributed by atoms with Gasteiger partial charge >= 0.3 is 0 Å². The molecule has 2 aliphatic rings. The van der Waals surface area contributed by atoms with Crippen LogP contribution < -0.4 is 10.2 Å². The number of hydrogen-bond donors (Lipinski definition) is 1. The predicted molar refractivity (Wildman–Crippen MR) is 117 cm³/mol. The summed E-state index contributed by atoms with van der Waals surface area (Å²) < 4.78 is 1.73. The summed E-state index contributed by atoms with van der Waals surface area (Å²) in [6, 6.07) is 0. The number of rotatable bonds is 7. The van der Waals surface area contributed by atoms with Crippen LogP contribution >= 0.6 is 0 Å². The van der Waals surface area contributed by atoms with Crippen molar-refractivity contribution < 1.29 is 4.79 Å². The van der Waals surface area contributed by atoms with Crippen LogP contribution in [0.15, 0.2) is 17.4 Å². The number of guanidine groups is 1. The molecular weight excluding hydrogens is 366 g/mol. The summed E-state index contributed by atoms with van der Waals surface area (Å²) in [5, 5.41) is 7.53. The number of aryl methyl sites for hydroxylation is 1. The van der Waals surface area contributed by atoms with Crippen LogP contribution in [0.1, 0.15) is 39.5 Å². The van der Waals surface area contributed by atoms with E-state index in [-0.39, 0.29) is 5.91 Å². The topological polar surface area (TPSA) is 69.0 Å². The van der Waals surface area contributed by atoms with Gasteiger partial charge in [0.05, 0.1) is 11.9 Å². The Labute approximate surface area is 174 Å². The fourth-order valence-corrected chi connectivity index (χ4v) is 4.02. The minimum absolute atomic E-state index is 0.0918. The van der Waals surface area contributed by atoms with Crippen LogP contribution in [0.25, 0.3) is 0 Å². The molecule has 3 rings (SSSR count). The molecule has 0 aliphatic carbocycles. The summed E-state index contributed by atoms with van der Waals surface area (Å²) >= 11 is 0. The molecule has 1 amide bonds. The van der Waals surface area contributed by atoms with E-state index in [0.29, 0.717) is 13.1 Å². The standard InChI is InChI=1S/C21H37N7O/c1-4-22-21(23-9-5-6-10-26-11-7-18(2)8-12-26)27-13-14-28(20(29)17-27)19-15-24-25(3)16-19/h15-16,18H,4-14,17H2,1-3H3,(H,22,23). The Morgan fingerprint density at radius 2 is 2.03 bits per heavy atom. The molecule has 0 radical (unpaired) electrons. The molecule has 2 fully saturated rings. The molecule has 1 N–H and O–H groups in total. The highest BCUT2D eigenvalue weighted by Gasteiger charge is 2.27. The van der Waals surface area contributed by atoms with Gasteiger partial charge in [0.15, 0.2) is 5.96 Å². The fraction of sp³-hybridized carbons (Fsp3) is 0.762. The van der Waals surface area contributed by atoms with Gasteiger partial charge in [-0.3, -0.25) is 14.5 Å². The average Bonchev–Trinajstić information content (AvgIpc) is 3.14. The van der Waals surface area contributed by atoms with E-state index in [1.807, 2.05) is 18.1 Å². The van der Waals surface area contributed by atoms with Crippen molar-refractivity contribution in [3.05, 3.63) is 12.4 Å². The minimum Gasteiger partial charge on any atom is -0.357 e. The van der Waals surface area contributed by atoms with Gasteiger partial charge in [-0.25, -0.2) is 0 Å². The first-order valence-corrected chi connectivity index (χ1v) is 11.1. The van der Waals surface area contributed by atoms with E-state index in [1.165, 1.54) is 38.9 Å². The normalized spacial score (nSPS) is 19.8. The van der Waals surface area contributed by atoms with Gasteiger partial charge in [-0.05, 0) is 58.2 Å². The number of hydrogen-bond acceptors (Lipinski definition) is 4. The molecule has 8 heteroatoms. The van der Waals surface area contributed by atoms with Gasteiger partial charge in [-0.1, -0.05) is 6.92 Å². The number of unbranched alkanes of at least 4 members (excludes halogenated alkanes) is 1. The Morgan fingerprint density at radius 1 is 1.24 bits per heavy atom. The summed E-state index contributed by atoms with van der Waals surface area (Å²) in [6.45, 7) is 11.5. The van der Waals surface area contributed by atoms with Gasteiger partial charge < -0.3 is 20.0 Å². The largest absolute Gasteiger partial charge is 0.357 e. The van der Waals surface area contributed by atoms with Gasteiger partial charge in [0.1, 0.15) is 6.54 Å². The highest BCUT2D eigenvalue weighted by molar-refractivity contribution is 5.98. The van der Waals surface area contributed by atoms with Gasteiger partial charge in [0, 0.05) is 39.4 Å². The molecule has 0 aromatic carbocycles. The number of likely N-dealkylation sites (tertiary alicyclic amines) is 1. The molecule has 0 atom stereocenters. The van der Waals surface area contributed by atoms with E-state index in [9.17, 15) is 4.79 Å². The maximum absolute atomic E-state index is 12.7. The van der Waals surface area contributed by atoms with Crippen molar-refractivity contribution >= 4 is 17.6 Å². The molecular formula is C21H37N7O. The number of aromatic nitrogens is 2. The Kier molecular flexibility index (Phi) is 7.91. The van der Waals surface area contributed by atoms with Crippen LogP contribution in [0.2, 0.25) is 0 Å². The third-order valence-electron chi connectivity index (χ3n) is 5.88. The van der Waals surface area contributed by atoms with Crippen molar-refractivity contribution in [3.8, 4) is 0 Å². The SMILES string of the molecule is CCNC(=NCCCCN1CCC(C)CC1)N1CCN(c2cnn(C)c2)C(=O)C1. The van der Waals surface area contributed by atoms with Crippen molar-refractivity contribution in [2.45, 2.75) is 39.5 Å². The monoisotopic (exact) mass is 403 g/mol. The Balaban J connectivity index is 1.44. The summed E-state index contributed by atoms with van der Waals surface area (Å²) in [4.78, 5) is 23.9. The fourth-order valence-electron chi connectivity index (χ4n) is 4.02. The van der Waals surface area contributed by atoms with Crippen molar-refractivity contribution in [1.29, 1.82) is 0 Å². The molecule has 3 heterocycles. The lowest BCUT2D eigenvalue weighted by atomic mass is 9.99. The second kappa shape index (κ2) is 10.6. The van der Waals surface area contributed by atoms with Gasteiger partial charge in [-0.2, -0.15) is 5.10 Å². The molecule has 1 aromatic rings. The molecule has 1 aromatic heterocycles. The van der Waals surface area contributed by atoms with E-state index in [0.717, 1.165) is 43.6 Å². The summed E-state index contributed by atoms with van der Waals surface area (Å²) in [6.07, 6.45) is 8.57. The van der Waals surface area contributed by atoms with Crippen molar-refractivity contribution in [3.63, 3.8) is 0 Å². The highest BCUT2D eigenvalue weighted by atomic mass is 16.2. The maximum Gasteiger partial charge on any atom is 0.246 e. The second-order valence-corrected chi connectivity index (χ2v) is 8.31. The molecule has 162 valence electrons. The van der Waals surface area contributed by atoms with Gasteiger partial charge in [-0.15, -0.1) is 0 Å². The Morgan fingerprint density at radius 3 is 2.69 bits per heavy atom. The summed E-state index contributed by atoms with van der Waals surface area (Å²) in [7, 11) is 1.87. The van der Waals surface area contributed by atoms with Crippen LogP contribution in [0.5, 0.6) is 0 Å². The van der Waals surface area contributed by atoms with E-state index in [1.54, 1.807) is 10.9 Å². The first-order chi connectivity index (χ1) is 14.1. The van der Waals surface area contributed by atoms with Gasteiger partial charge in [0.2, 0.25) is 5.91 Å². The number of amides is 1. The molecule has 0 spiro atoms. The van der Waals surface area contributed by atoms with Crippen molar-refractivity contribution in [1.82, 2.24) is 24.9 Å². The number of piperidine rings is 1. The molecule has 8 nitrogen and oxygen atoms in total. The number of piperazine rings is 1. The first kappa shape index (κ1) is 21.6. The van der Waals surface area contributed by atoms with Crippen LogP contribution in [0.4, 0.5) is 5.69 Å². The van der Waals surface area contributed by atoms with Gasteiger partial charge in [0.25, 0.3) is 0 Å². The quantitative estimate of drug-likeness (QED) is 0.425. The van der Waals surface area contributed by atoms with Crippen molar-refractivity contribution in [2.75, 3.05) is 57.3 Å². The number of anilines is 1. The Hall–Kier alpha value is -2.09. The molecule has 2 aliphatic heterocycles. The van der Waals surface area contributed by atoms with Crippen LogP contribution in [-0.2, 0) is 11.8 Å². The zero-order valence-corrected chi connectivity index (χ0v) is 18.3. The van der Waals surface area contributed by atoms with E-state index >= 15 is 0 Å². The zero-order valence-electron chi connectivity index (χ0n) is 18.3. The third kappa shape index (κ3) is 6.19. The number of carbonyl (C=O) groups excluding carboxylic acids is 1. The minimum atomic E-state index is 0.0918. The van der Waals surface area contributed by atoms with Crippen LogP contribution in [0, 0.1) is 5.92 Å². The number of aliphatic imine (C=N–C) groups is 1. The van der Waals surface area contributed by atoms with E-state index < -0.39 is 0 Å². The lowest BCUT2D eigenvalue weighted by Crippen LogP contribution is -2.55. The lowest BCUT2D eigenvalue weighted by molar-refractivity contribution is -0.120. The van der Waals surface area contributed by atoms with E-state index in [4.69, 9.17) is 4.99 Å². The molecule has 2 saturated heterocycles. The van der Waals surface area contributed by atoms with E-state index in [2.05, 4.69) is 34.1 Å². The predicted octanol–water partition coefficient (Wildman–Crippen LogP) is 1.55. The second-order valence-electron chi connectivity index (χ2n) is 8.31. The van der Waals surface area contributed by atoms with Crippen LogP contribution in [-0.4, -0.2) is 83.8 Å². The molecule has 0 saturated carbocycles. The van der Waals surface area contributed by atoms with Crippen molar-refractivity contribution in [2.24, 2.45) is 18.0 Å². The van der Waals surface area contributed by atoms with Crippen LogP contribution in [0.3, 0.4) is 0 Å². The third-order valence-corrected chi connectivity index (χ3v) is 5.88. The number of nitrogens with one attached hydrogen (secondary N) is 1. The molecule has 29 heavy (non-hydrogen) atoms. The zero-order chi connectivity index (χ0) is 20.6. The molecule has 0 unspecified atom stereocenters. The molecule has 0 bridgehead atoms. The smallest absolute Gasteiger partial charge is 0.246 e. The maximum atomic E-state index is 12.7. The lowest BCUT2D eigenvalue weighted by Gasteiger charge is -2.35. The number of nitrogens with zero attached hydrogens (tertiary/aromatic N) is 6. The summed E-state index contributed by atoms with van der Waals surface area (Å²) in [5.41, 5.74) is 0.867. The highest BCUT2D eigenvalue weighted by Crippen LogP contribution is 2.17. The summed E-state index contributed by atoms with van der Waals surface area (Å²) in [5.74, 6) is 1.84.